The van der Waals surface area contributed by atoms with Crippen LogP contribution in [0.25, 0.3) is 5.69 Å². The average Bonchev–Trinajstić information content (AvgIpc) is 2.57. The lowest BCUT2D eigenvalue weighted by Gasteiger charge is -2.05. The second-order valence-corrected chi connectivity index (χ2v) is 4.59. The maximum absolute atomic E-state index is 12.0. The fourth-order valence-electron chi connectivity index (χ4n) is 1.71. The third-order valence-corrected chi connectivity index (χ3v) is 2.95. The summed E-state index contributed by atoms with van der Waals surface area (Å²) >= 11 is 6.05. The largest absolute Gasteiger partial charge is 0.393 e. The highest BCUT2D eigenvalue weighted by Crippen LogP contribution is 2.21. The smallest absolute Gasteiger partial charge is 0.294 e. The van der Waals surface area contributed by atoms with Gasteiger partial charge in [-0.2, -0.15) is 0 Å². The van der Waals surface area contributed by atoms with Gasteiger partial charge in [-0.05, 0) is 18.1 Å². The Morgan fingerprint density at radius 1 is 1.35 bits per heavy atom. The van der Waals surface area contributed by atoms with Crippen LogP contribution in [0, 0.1) is 0 Å². The van der Waals surface area contributed by atoms with E-state index in [1.165, 1.54) is 4.68 Å². The zero-order valence-electron chi connectivity index (χ0n) is 9.70. The SMILES string of the molecule is CC(C)c1[nH]n(-c2ccccc2Cl)c(=O)c1N. The highest BCUT2D eigenvalue weighted by atomic mass is 35.5. The highest BCUT2D eigenvalue weighted by molar-refractivity contribution is 6.32. The molecule has 17 heavy (non-hydrogen) atoms. The third kappa shape index (κ3) is 1.96. The number of nitrogens with one attached hydrogen (secondary N) is 1. The Bertz CT molecular complexity index is 598. The molecule has 0 atom stereocenters. The molecule has 0 saturated carbocycles. The number of anilines is 1. The van der Waals surface area contributed by atoms with E-state index in [0.717, 1.165) is 5.69 Å². The van der Waals surface area contributed by atoms with E-state index >= 15 is 0 Å². The summed E-state index contributed by atoms with van der Waals surface area (Å²) in [5.41, 5.74) is 7.11. The van der Waals surface area contributed by atoms with E-state index in [4.69, 9.17) is 17.3 Å². The van der Waals surface area contributed by atoms with Gasteiger partial charge in [0.15, 0.2) is 0 Å². The summed E-state index contributed by atoms with van der Waals surface area (Å²) in [5.74, 6) is 0.159. The van der Waals surface area contributed by atoms with E-state index in [-0.39, 0.29) is 17.2 Å². The fraction of sp³-hybridized carbons (Fsp3) is 0.250. The maximum atomic E-state index is 12.0. The summed E-state index contributed by atoms with van der Waals surface area (Å²) in [6.07, 6.45) is 0. The number of para-hydroxylation sites is 1. The summed E-state index contributed by atoms with van der Waals surface area (Å²) in [6.45, 7) is 3.94. The number of aromatic nitrogens is 2. The summed E-state index contributed by atoms with van der Waals surface area (Å²) in [5, 5.41) is 3.51. The first kappa shape index (κ1) is 11.8. The molecule has 0 aliphatic heterocycles. The van der Waals surface area contributed by atoms with E-state index in [1.807, 2.05) is 26.0 Å². The van der Waals surface area contributed by atoms with E-state index < -0.39 is 0 Å². The van der Waals surface area contributed by atoms with Gasteiger partial charge in [-0.15, -0.1) is 0 Å². The molecule has 0 fully saturated rings. The standard InChI is InChI=1S/C12H14ClN3O/c1-7(2)11-10(14)12(17)16(15-11)9-6-4-3-5-8(9)13/h3-7,15H,14H2,1-2H3. The third-order valence-electron chi connectivity index (χ3n) is 2.63. The Hall–Kier alpha value is -1.68. The molecule has 1 aromatic carbocycles. The minimum absolute atomic E-state index is 0.159. The molecule has 2 rings (SSSR count). The van der Waals surface area contributed by atoms with Gasteiger partial charge in [0, 0.05) is 0 Å². The van der Waals surface area contributed by atoms with Crippen LogP contribution in [-0.4, -0.2) is 9.78 Å². The molecule has 0 aliphatic rings. The van der Waals surface area contributed by atoms with Gasteiger partial charge in [-0.3, -0.25) is 9.89 Å². The number of rotatable bonds is 2. The second kappa shape index (κ2) is 4.30. The quantitative estimate of drug-likeness (QED) is 0.862. The van der Waals surface area contributed by atoms with Crippen molar-refractivity contribution in [3.63, 3.8) is 0 Å². The zero-order chi connectivity index (χ0) is 12.6. The van der Waals surface area contributed by atoms with E-state index in [9.17, 15) is 4.79 Å². The topological polar surface area (TPSA) is 63.8 Å². The second-order valence-electron chi connectivity index (χ2n) is 4.19. The van der Waals surface area contributed by atoms with Crippen molar-refractivity contribution >= 4 is 17.3 Å². The Morgan fingerprint density at radius 2 is 2.00 bits per heavy atom. The number of aromatic amines is 1. The maximum Gasteiger partial charge on any atom is 0.294 e. The predicted octanol–water partition coefficient (Wildman–Crippen LogP) is 2.52. The molecule has 5 heteroatoms. The molecule has 0 spiro atoms. The first-order chi connectivity index (χ1) is 8.02. The Labute approximate surface area is 104 Å². The number of benzene rings is 1. The van der Waals surface area contributed by atoms with Gasteiger partial charge in [-0.25, -0.2) is 4.68 Å². The van der Waals surface area contributed by atoms with Crippen molar-refractivity contribution in [3.05, 3.63) is 45.3 Å². The molecule has 90 valence electrons. The van der Waals surface area contributed by atoms with Gasteiger partial charge < -0.3 is 5.73 Å². The van der Waals surface area contributed by atoms with Gasteiger partial charge in [0.2, 0.25) is 0 Å². The molecule has 0 saturated heterocycles. The van der Waals surface area contributed by atoms with Crippen LogP contribution in [-0.2, 0) is 0 Å². The first-order valence-corrected chi connectivity index (χ1v) is 5.75. The predicted molar refractivity (Wildman–Crippen MR) is 69.9 cm³/mol. The van der Waals surface area contributed by atoms with Gasteiger partial charge in [0.1, 0.15) is 5.69 Å². The zero-order valence-corrected chi connectivity index (χ0v) is 10.5. The summed E-state index contributed by atoms with van der Waals surface area (Å²) in [6, 6.07) is 7.13. The number of nitrogens with two attached hydrogens (primary N) is 1. The number of H-pyrrole nitrogens is 1. The highest BCUT2D eigenvalue weighted by Gasteiger charge is 2.15. The summed E-state index contributed by atoms with van der Waals surface area (Å²) in [4.78, 5) is 12.0. The van der Waals surface area contributed by atoms with Crippen LogP contribution in [0.2, 0.25) is 5.02 Å². The van der Waals surface area contributed by atoms with Crippen molar-refractivity contribution in [3.8, 4) is 5.69 Å². The monoisotopic (exact) mass is 251 g/mol. The summed E-state index contributed by atoms with van der Waals surface area (Å²) < 4.78 is 1.38. The minimum Gasteiger partial charge on any atom is -0.393 e. The van der Waals surface area contributed by atoms with Crippen molar-refractivity contribution < 1.29 is 0 Å². The number of hydrogen-bond donors (Lipinski definition) is 2. The average molecular weight is 252 g/mol. The first-order valence-electron chi connectivity index (χ1n) is 5.37. The Morgan fingerprint density at radius 3 is 2.53 bits per heavy atom. The number of halogens is 1. The molecule has 0 unspecified atom stereocenters. The molecule has 2 aromatic rings. The molecule has 0 radical (unpaired) electrons. The van der Waals surface area contributed by atoms with Crippen molar-refractivity contribution in [1.29, 1.82) is 0 Å². The molecule has 1 aromatic heterocycles. The number of nitrogens with zero attached hydrogens (tertiary/aromatic N) is 1. The fourth-order valence-corrected chi connectivity index (χ4v) is 1.93. The van der Waals surface area contributed by atoms with Crippen molar-refractivity contribution in [2.45, 2.75) is 19.8 Å². The van der Waals surface area contributed by atoms with Crippen LogP contribution in [0.5, 0.6) is 0 Å². The molecular weight excluding hydrogens is 238 g/mol. The Kier molecular flexibility index (Phi) is 2.98. The lowest BCUT2D eigenvalue weighted by atomic mass is 10.1. The molecule has 0 aliphatic carbocycles. The van der Waals surface area contributed by atoms with Crippen LogP contribution in [0.3, 0.4) is 0 Å². The van der Waals surface area contributed by atoms with Crippen LogP contribution >= 0.6 is 11.6 Å². The molecule has 1 heterocycles. The lowest BCUT2D eigenvalue weighted by Crippen LogP contribution is -2.16. The van der Waals surface area contributed by atoms with Crippen molar-refractivity contribution in [2.75, 3.05) is 5.73 Å². The van der Waals surface area contributed by atoms with Crippen LogP contribution in [0.4, 0.5) is 5.69 Å². The molecule has 0 bridgehead atoms. The number of nitrogen functional groups attached to an aromatic ring is 1. The van der Waals surface area contributed by atoms with Crippen molar-refractivity contribution in [2.24, 2.45) is 0 Å². The van der Waals surface area contributed by atoms with E-state index in [1.54, 1.807) is 12.1 Å². The summed E-state index contributed by atoms with van der Waals surface area (Å²) in [7, 11) is 0. The normalized spacial score (nSPS) is 11.1. The Balaban J connectivity index is 2.66. The lowest BCUT2D eigenvalue weighted by molar-refractivity contribution is 0.761. The van der Waals surface area contributed by atoms with E-state index in [0.29, 0.717) is 10.7 Å². The van der Waals surface area contributed by atoms with Gasteiger partial charge in [-0.1, -0.05) is 37.6 Å². The van der Waals surface area contributed by atoms with E-state index in [2.05, 4.69) is 5.10 Å². The van der Waals surface area contributed by atoms with Crippen molar-refractivity contribution in [1.82, 2.24) is 9.78 Å². The van der Waals surface area contributed by atoms with Crippen LogP contribution < -0.4 is 11.3 Å². The van der Waals surface area contributed by atoms with Crippen LogP contribution in [0.15, 0.2) is 29.1 Å². The molecule has 4 nitrogen and oxygen atoms in total. The minimum atomic E-state index is -0.262. The van der Waals surface area contributed by atoms with Crippen LogP contribution in [0.1, 0.15) is 25.5 Å². The van der Waals surface area contributed by atoms with Gasteiger partial charge in [0.25, 0.3) is 5.56 Å². The van der Waals surface area contributed by atoms with Gasteiger partial charge >= 0.3 is 0 Å². The van der Waals surface area contributed by atoms with Gasteiger partial charge in [0.05, 0.1) is 16.4 Å². The molecular formula is C12H14ClN3O. The molecule has 0 amide bonds. The number of hydrogen-bond acceptors (Lipinski definition) is 2. The molecule has 3 N–H and O–H groups in total.